The van der Waals surface area contributed by atoms with Crippen LogP contribution in [0.15, 0.2) is 24.3 Å². The van der Waals surface area contributed by atoms with Gasteiger partial charge in [-0.3, -0.25) is 0 Å². The van der Waals surface area contributed by atoms with Gasteiger partial charge in [0.15, 0.2) is 0 Å². The lowest BCUT2D eigenvalue weighted by atomic mass is 10.0. The summed E-state index contributed by atoms with van der Waals surface area (Å²) in [5, 5.41) is 12.2. The summed E-state index contributed by atoms with van der Waals surface area (Å²) in [6, 6.07) is 8.10. The van der Waals surface area contributed by atoms with Gasteiger partial charge in [-0.1, -0.05) is 18.2 Å². The Morgan fingerprint density at radius 1 is 1.39 bits per heavy atom. The third-order valence-electron chi connectivity index (χ3n) is 4.29. The van der Waals surface area contributed by atoms with Crippen LogP contribution >= 0.6 is 0 Å². The van der Waals surface area contributed by atoms with Gasteiger partial charge in [-0.25, -0.2) is 4.79 Å². The van der Waals surface area contributed by atoms with Crippen LogP contribution in [0.1, 0.15) is 38.2 Å². The molecule has 0 aliphatic carbocycles. The van der Waals surface area contributed by atoms with E-state index in [4.69, 9.17) is 9.84 Å². The minimum absolute atomic E-state index is 0.0166. The summed E-state index contributed by atoms with van der Waals surface area (Å²) < 4.78 is 5.61. The summed E-state index contributed by atoms with van der Waals surface area (Å²) in [6.45, 7) is 4.11. The van der Waals surface area contributed by atoms with Crippen molar-refractivity contribution in [1.82, 2.24) is 10.2 Å². The van der Waals surface area contributed by atoms with Gasteiger partial charge in [-0.15, -0.1) is 0 Å². The molecule has 1 aromatic carbocycles. The van der Waals surface area contributed by atoms with Crippen LogP contribution in [-0.4, -0.2) is 48.4 Å². The number of aliphatic hydroxyl groups is 1. The average Bonchev–Trinajstić information content (AvgIpc) is 2.57. The zero-order chi connectivity index (χ0) is 16.5. The molecule has 1 heterocycles. The second kappa shape index (κ2) is 9.40. The van der Waals surface area contributed by atoms with Gasteiger partial charge in [0, 0.05) is 25.7 Å². The first-order valence-electron chi connectivity index (χ1n) is 8.62. The number of likely N-dealkylation sites (tertiary alicyclic amines) is 1. The lowest BCUT2D eigenvalue weighted by Crippen LogP contribution is -2.49. The zero-order valence-corrected chi connectivity index (χ0v) is 14.0. The van der Waals surface area contributed by atoms with E-state index in [1.54, 1.807) is 0 Å². The largest absolute Gasteiger partial charge is 0.494 e. The second-order valence-corrected chi connectivity index (χ2v) is 5.88. The highest BCUT2D eigenvalue weighted by molar-refractivity contribution is 5.74. The number of benzene rings is 1. The molecule has 0 aromatic heterocycles. The third-order valence-corrected chi connectivity index (χ3v) is 4.29. The fraction of sp³-hybridized carbons (Fsp3) is 0.611. The standard InChI is InChI=1S/C18H28N2O3/c1-2-23-17-9-4-3-7-15(17)10-12-19-18(22)20-13-6-5-8-16(20)11-14-21/h3-4,7,9,16,21H,2,5-6,8,10-14H2,1H3,(H,19,22). The van der Waals surface area contributed by atoms with E-state index in [0.29, 0.717) is 19.6 Å². The molecule has 23 heavy (non-hydrogen) atoms. The molecule has 1 aliphatic heterocycles. The predicted octanol–water partition coefficient (Wildman–Crippen LogP) is 2.57. The summed E-state index contributed by atoms with van der Waals surface area (Å²) in [7, 11) is 0. The summed E-state index contributed by atoms with van der Waals surface area (Å²) >= 11 is 0. The highest BCUT2D eigenvalue weighted by Gasteiger charge is 2.25. The molecule has 0 spiro atoms. The van der Waals surface area contributed by atoms with Crippen LogP contribution in [-0.2, 0) is 6.42 Å². The molecule has 5 heteroatoms. The number of urea groups is 1. The van der Waals surface area contributed by atoms with Crippen molar-refractivity contribution in [3.63, 3.8) is 0 Å². The summed E-state index contributed by atoms with van der Waals surface area (Å²) in [5.74, 6) is 0.889. The molecule has 2 rings (SSSR count). The van der Waals surface area contributed by atoms with Crippen LogP contribution in [0, 0.1) is 0 Å². The second-order valence-electron chi connectivity index (χ2n) is 5.88. The zero-order valence-electron chi connectivity index (χ0n) is 14.0. The Bertz CT molecular complexity index is 491. The van der Waals surface area contributed by atoms with E-state index in [9.17, 15) is 4.79 Å². The SMILES string of the molecule is CCOc1ccccc1CCNC(=O)N1CCCCC1CCO. The number of aliphatic hydroxyl groups excluding tert-OH is 1. The quantitative estimate of drug-likeness (QED) is 0.812. The van der Waals surface area contributed by atoms with Crippen molar-refractivity contribution in [2.75, 3.05) is 26.3 Å². The van der Waals surface area contributed by atoms with Crippen LogP contribution in [0.2, 0.25) is 0 Å². The number of hydrogen-bond donors (Lipinski definition) is 2. The monoisotopic (exact) mass is 320 g/mol. The molecule has 1 aliphatic rings. The third kappa shape index (κ3) is 5.13. The highest BCUT2D eigenvalue weighted by atomic mass is 16.5. The fourth-order valence-corrected chi connectivity index (χ4v) is 3.13. The van der Waals surface area contributed by atoms with Crippen LogP contribution in [0.5, 0.6) is 5.75 Å². The number of nitrogens with zero attached hydrogens (tertiary/aromatic N) is 1. The number of amides is 2. The Labute approximate surface area is 138 Å². The molecule has 1 unspecified atom stereocenters. The van der Waals surface area contributed by atoms with Crippen LogP contribution in [0.25, 0.3) is 0 Å². The smallest absolute Gasteiger partial charge is 0.317 e. The molecule has 0 saturated carbocycles. The van der Waals surface area contributed by atoms with Crippen molar-refractivity contribution in [3.05, 3.63) is 29.8 Å². The molecule has 0 radical (unpaired) electrons. The molecule has 1 atom stereocenters. The molecular formula is C18H28N2O3. The Kier molecular flexibility index (Phi) is 7.20. The van der Waals surface area contributed by atoms with E-state index in [0.717, 1.165) is 43.5 Å². The van der Waals surface area contributed by atoms with Gasteiger partial charge in [0.2, 0.25) is 0 Å². The lowest BCUT2D eigenvalue weighted by molar-refractivity contribution is 0.132. The summed E-state index contributed by atoms with van der Waals surface area (Å²) in [4.78, 5) is 14.3. The van der Waals surface area contributed by atoms with E-state index in [1.165, 1.54) is 0 Å². The van der Waals surface area contributed by atoms with E-state index in [-0.39, 0.29) is 18.7 Å². The van der Waals surface area contributed by atoms with Crippen LogP contribution in [0.3, 0.4) is 0 Å². The molecule has 2 amide bonds. The lowest BCUT2D eigenvalue weighted by Gasteiger charge is -2.35. The van der Waals surface area contributed by atoms with Gasteiger partial charge in [0.05, 0.1) is 6.61 Å². The Morgan fingerprint density at radius 2 is 2.22 bits per heavy atom. The van der Waals surface area contributed by atoms with Crippen molar-refractivity contribution < 1.29 is 14.6 Å². The maximum atomic E-state index is 12.4. The molecule has 1 saturated heterocycles. The van der Waals surface area contributed by atoms with Gasteiger partial charge < -0.3 is 20.1 Å². The maximum absolute atomic E-state index is 12.4. The summed E-state index contributed by atoms with van der Waals surface area (Å²) in [6.07, 6.45) is 4.58. The van der Waals surface area contributed by atoms with Gasteiger partial charge in [-0.2, -0.15) is 0 Å². The number of para-hydroxylation sites is 1. The average molecular weight is 320 g/mol. The molecular weight excluding hydrogens is 292 g/mol. The van der Waals surface area contributed by atoms with Crippen LogP contribution in [0.4, 0.5) is 4.79 Å². The Balaban J connectivity index is 1.84. The minimum Gasteiger partial charge on any atom is -0.494 e. The van der Waals surface area contributed by atoms with E-state index in [2.05, 4.69) is 5.32 Å². The van der Waals surface area contributed by atoms with E-state index >= 15 is 0 Å². The van der Waals surface area contributed by atoms with Crippen LogP contribution < -0.4 is 10.1 Å². The molecule has 5 nitrogen and oxygen atoms in total. The normalized spacial score (nSPS) is 17.8. The number of carbonyl (C=O) groups excluding carboxylic acids is 1. The number of carbonyl (C=O) groups is 1. The maximum Gasteiger partial charge on any atom is 0.317 e. The summed E-state index contributed by atoms with van der Waals surface area (Å²) in [5.41, 5.74) is 1.11. The number of ether oxygens (including phenoxy) is 1. The van der Waals surface area contributed by atoms with Crippen molar-refractivity contribution in [1.29, 1.82) is 0 Å². The van der Waals surface area contributed by atoms with Gasteiger partial charge in [0.25, 0.3) is 0 Å². The minimum atomic E-state index is -0.0166. The molecule has 128 valence electrons. The molecule has 1 fully saturated rings. The van der Waals surface area contributed by atoms with E-state index in [1.807, 2.05) is 36.1 Å². The Morgan fingerprint density at radius 3 is 3.00 bits per heavy atom. The van der Waals surface area contributed by atoms with Gasteiger partial charge >= 0.3 is 6.03 Å². The van der Waals surface area contributed by atoms with Crippen molar-refractivity contribution >= 4 is 6.03 Å². The number of rotatable bonds is 7. The number of nitrogens with one attached hydrogen (secondary N) is 1. The first-order valence-corrected chi connectivity index (χ1v) is 8.62. The first kappa shape index (κ1) is 17.6. The predicted molar refractivity (Wildman–Crippen MR) is 90.8 cm³/mol. The molecule has 0 bridgehead atoms. The molecule has 1 aromatic rings. The van der Waals surface area contributed by atoms with Gasteiger partial charge in [-0.05, 0) is 50.7 Å². The topological polar surface area (TPSA) is 61.8 Å². The number of hydrogen-bond acceptors (Lipinski definition) is 3. The van der Waals surface area contributed by atoms with Crippen molar-refractivity contribution in [3.8, 4) is 5.75 Å². The van der Waals surface area contributed by atoms with Crippen molar-refractivity contribution in [2.24, 2.45) is 0 Å². The Hall–Kier alpha value is -1.75. The molecule has 2 N–H and O–H groups in total. The highest BCUT2D eigenvalue weighted by Crippen LogP contribution is 2.20. The van der Waals surface area contributed by atoms with Crippen molar-refractivity contribution in [2.45, 2.75) is 45.1 Å². The van der Waals surface area contributed by atoms with E-state index < -0.39 is 0 Å². The number of piperidine rings is 1. The fourth-order valence-electron chi connectivity index (χ4n) is 3.13. The first-order chi connectivity index (χ1) is 11.3. The van der Waals surface area contributed by atoms with Gasteiger partial charge in [0.1, 0.15) is 5.75 Å².